The van der Waals surface area contributed by atoms with Crippen LogP contribution in [0, 0.1) is 0 Å². The SMILES string of the molecule is NC(CN1CCN(CCO)CC1)CS(=O)(=O)O. The molecule has 102 valence electrons. The Kier molecular flexibility index (Phi) is 5.77. The fourth-order valence-electron chi connectivity index (χ4n) is 1.99. The van der Waals surface area contributed by atoms with E-state index in [1.54, 1.807) is 0 Å². The van der Waals surface area contributed by atoms with Gasteiger partial charge in [-0.1, -0.05) is 0 Å². The van der Waals surface area contributed by atoms with Crippen molar-refractivity contribution in [1.29, 1.82) is 0 Å². The number of piperazine rings is 1. The normalized spacial score (nSPS) is 21.6. The lowest BCUT2D eigenvalue weighted by Gasteiger charge is -2.35. The van der Waals surface area contributed by atoms with Crippen LogP contribution in [-0.4, -0.2) is 85.5 Å². The van der Waals surface area contributed by atoms with E-state index in [1.807, 2.05) is 0 Å². The van der Waals surface area contributed by atoms with Crippen molar-refractivity contribution in [3.8, 4) is 0 Å². The first kappa shape index (κ1) is 14.8. The average molecular weight is 267 g/mol. The highest BCUT2D eigenvalue weighted by molar-refractivity contribution is 7.85. The van der Waals surface area contributed by atoms with Gasteiger partial charge in [-0.25, -0.2) is 0 Å². The van der Waals surface area contributed by atoms with Crippen LogP contribution in [0.1, 0.15) is 0 Å². The largest absolute Gasteiger partial charge is 0.395 e. The van der Waals surface area contributed by atoms with E-state index in [-0.39, 0.29) is 6.61 Å². The monoisotopic (exact) mass is 267 g/mol. The molecule has 0 aromatic rings. The van der Waals surface area contributed by atoms with Crippen molar-refractivity contribution in [2.45, 2.75) is 6.04 Å². The second-order valence-corrected chi connectivity index (χ2v) is 5.87. The van der Waals surface area contributed by atoms with Gasteiger partial charge in [-0.3, -0.25) is 14.4 Å². The van der Waals surface area contributed by atoms with Crippen molar-refractivity contribution in [1.82, 2.24) is 9.80 Å². The van der Waals surface area contributed by atoms with Crippen LogP contribution in [0.2, 0.25) is 0 Å². The van der Waals surface area contributed by atoms with E-state index in [0.29, 0.717) is 13.1 Å². The lowest BCUT2D eigenvalue weighted by atomic mass is 10.2. The molecule has 1 atom stereocenters. The number of hydrogen-bond donors (Lipinski definition) is 3. The van der Waals surface area contributed by atoms with Gasteiger partial charge in [0.2, 0.25) is 0 Å². The molecule has 0 aliphatic carbocycles. The van der Waals surface area contributed by atoms with E-state index < -0.39 is 21.9 Å². The van der Waals surface area contributed by atoms with Gasteiger partial charge in [-0.2, -0.15) is 8.42 Å². The zero-order chi connectivity index (χ0) is 12.9. The van der Waals surface area contributed by atoms with Crippen LogP contribution in [0.3, 0.4) is 0 Å². The van der Waals surface area contributed by atoms with E-state index in [0.717, 1.165) is 26.2 Å². The summed E-state index contributed by atoms with van der Waals surface area (Å²) in [6.45, 7) is 4.59. The van der Waals surface area contributed by atoms with Crippen molar-refractivity contribution in [2.24, 2.45) is 5.73 Å². The molecule has 0 amide bonds. The zero-order valence-corrected chi connectivity index (χ0v) is 10.6. The summed E-state index contributed by atoms with van der Waals surface area (Å²) in [5.74, 6) is -0.399. The molecule has 1 unspecified atom stereocenters. The smallest absolute Gasteiger partial charge is 0.266 e. The van der Waals surface area contributed by atoms with Crippen LogP contribution in [0.5, 0.6) is 0 Å². The number of rotatable bonds is 6. The molecule has 0 saturated carbocycles. The Morgan fingerprint density at radius 1 is 1.18 bits per heavy atom. The molecular formula is C9H21N3O4S. The highest BCUT2D eigenvalue weighted by Crippen LogP contribution is 2.02. The third-order valence-electron chi connectivity index (χ3n) is 2.80. The van der Waals surface area contributed by atoms with Gasteiger partial charge in [0.1, 0.15) is 0 Å². The number of β-amino-alcohol motifs (C(OH)–C–C–N with tert-alkyl or cyclic N) is 1. The van der Waals surface area contributed by atoms with Crippen molar-refractivity contribution < 1.29 is 18.1 Å². The van der Waals surface area contributed by atoms with Gasteiger partial charge in [-0.05, 0) is 0 Å². The third kappa shape index (κ3) is 6.29. The first-order chi connectivity index (χ1) is 7.90. The van der Waals surface area contributed by atoms with Crippen LogP contribution in [0.4, 0.5) is 0 Å². The summed E-state index contributed by atoms with van der Waals surface area (Å²) in [6, 6.07) is -0.561. The Hall–Kier alpha value is -0.250. The molecule has 1 aliphatic heterocycles. The topological polar surface area (TPSA) is 107 Å². The van der Waals surface area contributed by atoms with Crippen molar-refractivity contribution in [3.63, 3.8) is 0 Å². The summed E-state index contributed by atoms with van der Waals surface area (Å²) in [4.78, 5) is 4.22. The molecule has 1 fully saturated rings. The summed E-state index contributed by atoms with van der Waals surface area (Å²) in [5.41, 5.74) is 5.65. The van der Waals surface area contributed by atoms with Crippen LogP contribution in [0.15, 0.2) is 0 Å². The van der Waals surface area contributed by atoms with E-state index >= 15 is 0 Å². The first-order valence-electron chi connectivity index (χ1n) is 5.67. The molecule has 7 nitrogen and oxygen atoms in total. The molecule has 4 N–H and O–H groups in total. The van der Waals surface area contributed by atoms with E-state index in [9.17, 15) is 8.42 Å². The maximum absolute atomic E-state index is 10.6. The van der Waals surface area contributed by atoms with Gasteiger partial charge in [-0.15, -0.1) is 0 Å². The Morgan fingerprint density at radius 3 is 2.18 bits per heavy atom. The number of nitrogens with two attached hydrogens (primary N) is 1. The minimum atomic E-state index is -3.99. The number of hydrogen-bond acceptors (Lipinski definition) is 6. The second-order valence-electron chi connectivity index (χ2n) is 4.37. The summed E-state index contributed by atoms with van der Waals surface area (Å²) in [5, 5.41) is 8.79. The molecule has 0 spiro atoms. The Bertz CT molecular complexity index is 314. The summed E-state index contributed by atoms with van der Waals surface area (Å²) in [7, 11) is -3.99. The fraction of sp³-hybridized carbons (Fsp3) is 1.00. The van der Waals surface area contributed by atoms with Crippen molar-refractivity contribution in [2.75, 3.05) is 51.6 Å². The van der Waals surface area contributed by atoms with Crippen molar-refractivity contribution in [3.05, 3.63) is 0 Å². The molecule has 17 heavy (non-hydrogen) atoms. The zero-order valence-electron chi connectivity index (χ0n) is 9.83. The lowest BCUT2D eigenvalue weighted by Crippen LogP contribution is -2.51. The molecule has 0 aromatic heterocycles. The highest BCUT2D eigenvalue weighted by Gasteiger charge is 2.20. The number of aliphatic hydroxyl groups is 1. The van der Waals surface area contributed by atoms with Crippen LogP contribution in [-0.2, 0) is 10.1 Å². The molecule has 8 heteroatoms. The molecule has 1 heterocycles. The fourth-order valence-corrected chi connectivity index (χ4v) is 2.64. The summed E-state index contributed by atoms with van der Waals surface area (Å²) < 4.78 is 30.0. The van der Waals surface area contributed by atoms with Crippen LogP contribution in [0.25, 0.3) is 0 Å². The predicted molar refractivity (Wildman–Crippen MR) is 64.4 cm³/mol. The molecule has 0 bridgehead atoms. The van der Waals surface area contributed by atoms with Crippen LogP contribution >= 0.6 is 0 Å². The van der Waals surface area contributed by atoms with Gasteiger partial charge in [0.25, 0.3) is 10.1 Å². The van der Waals surface area contributed by atoms with Gasteiger partial charge >= 0.3 is 0 Å². The summed E-state index contributed by atoms with van der Waals surface area (Å²) in [6.07, 6.45) is 0. The number of aliphatic hydroxyl groups excluding tert-OH is 1. The van der Waals surface area contributed by atoms with E-state index in [1.165, 1.54) is 0 Å². The standard InChI is InChI=1S/C9H21N3O4S/c10-9(8-17(14,15)16)7-12-3-1-11(2-4-12)5-6-13/h9,13H,1-8,10H2,(H,14,15,16). The minimum Gasteiger partial charge on any atom is -0.395 e. The van der Waals surface area contributed by atoms with E-state index in [4.69, 9.17) is 15.4 Å². The van der Waals surface area contributed by atoms with Gasteiger partial charge in [0.15, 0.2) is 0 Å². The van der Waals surface area contributed by atoms with Gasteiger partial charge in [0, 0.05) is 45.3 Å². The van der Waals surface area contributed by atoms with Gasteiger partial charge in [0.05, 0.1) is 12.4 Å². The molecule has 1 saturated heterocycles. The Labute approximate surface area is 102 Å². The van der Waals surface area contributed by atoms with Gasteiger partial charge < -0.3 is 10.8 Å². The predicted octanol–water partition coefficient (Wildman–Crippen LogP) is -2.19. The Morgan fingerprint density at radius 2 is 1.71 bits per heavy atom. The molecule has 0 aromatic carbocycles. The maximum atomic E-state index is 10.6. The molecule has 1 aliphatic rings. The van der Waals surface area contributed by atoms with Crippen LogP contribution < -0.4 is 5.73 Å². The van der Waals surface area contributed by atoms with E-state index in [2.05, 4.69) is 9.80 Å². The molecular weight excluding hydrogens is 246 g/mol. The lowest BCUT2D eigenvalue weighted by molar-refractivity contribution is 0.110. The second kappa shape index (κ2) is 6.62. The number of nitrogens with zero attached hydrogens (tertiary/aromatic N) is 2. The quantitative estimate of drug-likeness (QED) is 0.469. The Balaban J connectivity index is 2.26. The maximum Gasteiger partial charge on any atom is 0.266 e. The van der Waals surface area contributed by atoms with Crippen molar-refractivity contribution >= 4 is 10.1 Å². The summed E-state index contributed by atoms with van der Waals surface area (Å²) >= 11 is 0. The molecule has 0 radical (unpaired) electrons. The average Bonchev–Trinajstić information content (AvgIpc) is 2.18. The highest BCUT2D eigenvalue weighted by atomic mass is 32.2. The molecule has 1 rings (SSSR count). The third-order valence-corrected chi connectivity index (χ3v) is 3.65. The first-order valence-corrected chi connectivity index (χ1v) is 7.28. The minimum absolute atomic E-state index is 0.155.